The molecule has 0 aliphatic carbocycles. The third-order valence-electron chi connectivity index (χ3n) is 5.38. The van der Waals surface area contributed by atoms with Gasteiger partial charge in [0.1, 0.15) is 23.1 Å². The van der Waals surface area contributed by atoms with Gasteiger partial charge in [0.25, 0.3) is 5.91 Å². The van der Waals surface area contributed by atoms with Crippen molar-refractivity contribution in [2.45, 2.75) is 13.2 Å². The van der Waals surface area contributed by atoms with Crippen molar-refractivity contribution in [1.82, 2.24) is 10.3 Å². The van der Waals surface area contributed by atoms with Crippen LogP contribution in [0.3, 0.4) is 0 Å². The lowest BCUT2D eigenvalue weighted by Gasteiger charge is -2.12. The highest BCUT2D eigenvalue weighted by atomic mass is 32.1. The molecular formula is C26H21FN2O5S. The second-order valence-electron chi connectivity index (χ2n) is 7.65. The summed E-state index contributed by atoms with van der Waals surface area (Å²) in [6.45, 7) is 0.619. The number of benzene rings is 3. The SMILES string of the molecule is COc1cc(-c2nc(C(=O)NCc3ccc4c(c3)OCO4)cs2)ccc1OCc1ccccc1F. The van der Waals surface area contributed by atoms with E-state index < -0.39 is 0 Å². The Kier molecular flexibility index (Phi) is 6.49. The van der Waals surface area contributed by atoms with E-state index in [1.807, 2.05) is 24.3 Å². The predicted octanol–water partition coefficient (Wildman–Crippen LogP) is 5.20. The summed E-state index contributed by atoms with van der Waals surface area (Å²) in [5.41, 5.74) is 2.45. The van der Waals surface area contributed by atoms with Crippen molar-refractivity contribution in [1.29, 1.82) is 0 Å². The lowest BCUT2D eigenvalue weighted by Crippen LogP contribution is -2.23. The molecule has 1 amide bonds. The summed E-state index contributed by atoms with van der Waals surface area (Å²) in [5, 5.41) is 5.25. The van der Waals surface area contributed by atoms with Crippen molar-refractivity contribution in [3.8, 4) is 33.6 Å². The standard InChI is InChI=1S/C26H21FN2O5S/c1-31-23-11-17(7-9-21(23)32-13-18-4-2-3-5-19(18)27)26-29-20(14-35-26)25(30)28-12-16-6-8-22-24(10-16)34-15-33-22/h2-11,14H,12-13,15H2,1H3,(H,28,30). The lowest BCUT2D eigenvalue weighted by atomic mass is 10.2. The molecule has 0 unspecified atom stereocenters. The van der Waals surface area contributed by atoms with Crippen molar-refractivity contribution in [3.63, 3.8) is 0 Å². The summed E-state index contributed by atoms with van der Waals surface area (Å²) < 4.78 is 35.8. The van der Waals surface area contributed by atoms with Crippen molar-refractivity contribution < 1.29 is 28.1 Å². The molecule has 0 radical (unpaired) electrons. The molecule has 0 saturated heterocycles. The Morgan fingerprint density at radius 1 is 1.09 bits per heavy atom. The molecule has 5 rings (SSSR count). The van der Waals surface area contributed by atoms with E-state index in [9.17, 15) is 9.18 Å². The Bertz CT molecular complexity index is 1370. The molecule has 3 aromatic carbocycles. The van der Waals surface area contributed by atoms with Gasteiger partial charge in [-0.1, -0.05) is 24.3 Å². The van der Waals surface area contributed by atoms with Gasteiger partial charge in [-0.15, -0.1) is 11.3 Å². The highest BCUT2D eigenvalue weighted by Gasteiger charge is 2.16. The minimum Gasteiger partial charge on any atom is -0.493 e. The first-order valence-electron chi connectivity index (χ1n) is 10.8. The monoisotopic (exact) mass is 492 g/mol. The number of ether oxygens (including phenoxy) is 4. The Morgan fingerprint density at radius 3 is 2.80 bits per heavy atom. The fraction of sp³-hybridized carbons (Fsp3) is 0.154. The second kappa shape index (κ2) is 10.0. The van der Waals surface area contributed by atoms with E-state index in [1.165, 1.54) is 24.5 Å². The number of aromatic nitrogens is 1. The number of hydrogen-bond acceptors (Lipinski definition) is 7. The van der Waals surface area contributed by atoms with E-state index in [1.54, 1.807) is 35.7 Å². The molecule has 9 heteroatoms. The molecule has 1 aliphatic rings. The highest BCUT2D eigenvalue weighted by Crippen LogP contribution is 2.35. The van der Waals surface area contributed by atoms with E-state index >= 15 is 0 Å². The molecule has 1 N–H and O–H groups in total. The first kappa shape index (κ1) is 22.7. The average molecular weight is 493 g/mol. The van der Waals surface area contributed by atoms with Crippen LogP contribution in [0.15, 0.2) is 66.0 Å². The number of nitrogens with one attached hydrogen (secondary N) is 1. The van der Waals surface area contributed by atoms with Gasteiger partial charge in [-0.2, -0.15) is 0 Å². The molecule has 0 atom stereocenters. The molecule has 4 aromatic rings. The van der Waals surface area contributed by atoms with E-state index in [2.05, 4.69) is 10.3 Å². The van der Waals surface area contributed by atoms with E-state index in [0.717, 1.165) is 11.1 Å². The molecule has 0 saturated carbocycles. The minimum atomic E-state index is -0.324. The zero-order valence-corrected chi connectivity index (χ0v) is 19.6. The van der Waals surface area contributed by atoms with Crippen LogP contribution in [-0.4, -0.2) is 24.8 Å². The van der Waals surface area contributed by atoms with Gasteiger partial charge in [0.05, 0.1) is 7.11 Å². The summed E-state index contributed by atoms with van der Waals surface area (Å²) in [6.07, 6.45) is 0. The van der Waals surface area contributed by atoms with Crippen LogP contribution in [0.4, 0.5) is 4.39 Å². The van der Waals surface area contributed by atoms with Gasteiger partial charge in [0.15, 0.2) is 23.0 Å². The minimum absolute atomic E-state index is 0.0767. The van der Waals surface area contributed by atoms with Crippen molar-refractivity contribution in [2.24, 2.45) is 0 Å². The van der Waals surface area contributed by atoms with Crippen molar-refractivity contribution in [2.75, 3.05) is 13.9 Å². The summed E-state index contributed by atoms with van der Waals surface area (Å²) >= 11 is 1.35. The van der Waals surface area contributed by atoms with Crippen molar-refractivity contribution in [3.05, 3.63) is 88.7 Å². The van der Waals surface area contributed by atoms with Crippen LogP contribution >= 0.6 is 11.3 Å². The number of amides is 1. The maximum Gasteiger partial charge on any atom is 0.271 e. The van der Waals surface area contributed by atoms with Crippen LogP contribution in [0.2, 0.25) is 0 Å². The van der Waals surface area contributed by atoms with Gasteiger partial charge in [0, 0.05) is 23.1 Å². The van der Waals surface area contributed by atoms with Crippen LogP contribution in [0.5, 0.6) is 23.0 Å². The number of thiazole rings is 1. The number of carbonyl (C=O) groups excluding carboxylic acids is 1. The molecule has 0 bridgehead atoms. The maximum atomic E-state index is 13.9. The largest absolute Gasteiger partial charge is 0.493 e. The van der Waals surface area contributed by atoms with E-state index in [4.69, 9.17) is 18.9 Å². The molecule has 2 heterocycles. The summed E-state index contributed by atoms with van der Waals surface area (Å²) in [7, 11) is 1.53. The molecule has 1 aromatic heterocycles. The Morgan fingerprint density at radius 2 is 1.94 bits per heavy atom. The van der Waals surface area contributed by atoms with Crippen molar-refractivity contribution >= 4 is 17.2 Å². The van der Waals surface area contributed by atoms with Gasteiger partial charge < -0.3 is 24.3 Å². The number of nitrogens with zero attached hydrogens (tertiary/aromatic N) is 1. The molecule has 35 heavy (non-hydrogen) atoms. The summed E-state index contributed by atoms with van der Waals surface area (Å²) in [4.78, 5) is 17.1. The Balaban J connectivity index is 1.24. The van der Waals surface area contributed by atoms with Crippen LogP contribution in [0, 0.1) is 5.82 Å². The fourth-order valence-electron chi connectivity index (χ4n) is 3.53. The highest BCUT2D eigenvalue weighted by molar-refractivity contribution is 7.13. The molecule has 178 valence electrons. The second-order valence-corrected chi connectivity index (χ2v) is 8.51. The molecule has 7 nitrogen and oxygen atoms in total. The zero-order chi connectivity index (χ0) is 24.2. The van der Waals surface area contributed by atoms with Gasteiger partial charge in [-0.25, -0.2) is 9.37 Å². The number of halogens is 1. The predicted molar refractivity (Wildman–Crippen MR) is 129 cm³/mol. The molecule has 1 aliphatic heterocycles. The number of rotatable bonds is 8. The number of fused-ring (bicyclic) bond motifs is 1. The molecule has 0 fully saturated rings. The molecule has 0 spiro atoms. The quantitative estimate of drug-likeness (QED) is 0.365. The average Bonchev–Trinajstić information content (AvgIpc) is 3.56. The fourth-order valence-corrected chi connectivity index (χ4v) is 4.32. The van der Waals surface area contributed by atoms with Crippen LogP contribution in [-0.2, 0) is 13.2 Å². The van der Waals surface area contributed by atoms with E-state index in [0.29, 0.717) is 45.8 Å². The Labute approximate surface area is 205 Å². The third kappa shape index (κ3) is 5.04. The lowest BCUT2D eigenvalue weighted by molar-refractivity contribution is 0.0946. The van der Waals surface area contributed by atoms with Crippen LogP contribution in [0.25, 0.3) is 10.6 Å². The maximum absolute atomic E-state index is 13.9. The topological polar surface area (TPSA) is 78.9 Å². The first-order valence-corrected chi connectivity index (χ1v) is 11.7. The van der Waals surface area contributed by atoms with Gasteiger partial charge in [-0.3, -0.25) is 4.79 Å². The number of hydrogen-bond donors (Lipinski definition) is 1. The summed E-state index contributed by atoms with van der Waals surface area (Å²) in [5.74, 6) is 1.74. The zero-order valence-electron chi connectivity index (χ0n) is 18.7. The van der Waals surface area contributed by atoms with Gasteiger partial charge in [0.2, 0.25) is 6.79 Å². The number of methoxy groups -OCH3 is 1. The molecular weight excluding hydrogens is 471 g/mol. The third-order valence-corrected chi connectivity index (χ3v) is 6.27. The van der Waals surface area contributed by atoms with Crippen LogP contribution in [0.1, 0.15) is 21.6 Å². The smallest absolute Gasteiger partial charge is 0.271 e. The first-order chi connectivity index (χ1) is 17.1. The normalized spacial score (nSPS) is 11.8. The Hall–Kier alpha value is -4.11. The van der Waals surface area contributed by atoms with Crippen LogP contribution < -0.4 is 24.3 Å². The summed E-state index contributed by atoms with van der Waals surface area (Å²) in [6, 6.07) is 17.4. The van der Waals surface area contributed by atoms with E-state index in [-0.39, 0.29) is 25.1 Å². The van der Waals surface area contributed by atoms with Gasteiger partial charge in [-0.05, 0) is 42.0 Å². The number of carbonyl (C=O) groups is 1. The van der Waals surface area contributed by atoms with Gasteiger partial charge >= 0.3 is 0 Å².